The molecule has 0 atom stereocenters. The highest BCUT2D eigenvalue weighted by Gasteiger charge is 2.45. The zero-order chi connectivity index (χ0) is 23.0. The first kappa shape index (κ1) is 24.4. The van der Waals surface area contributed by atoms with Crippen molar-refractivity contribution in [3.8, 4) is 5.75 Å². The lowest BCUT2D eigenvalue weighted by Gasteiger charge is -2.36. The van der Waals surface area contributed by atoms with E-state index in [1.807, 2.05) is 27.7 Å². The molecule has 2 rings (SSSR count). The molecule has 31 heavy (non-hydrogen) atoms. The SMILES string of the molecule is C=CCOc1ccccc1C(=O)C1=C(OC)CCC(CC=C(C)C)(CC=C(C)C)C1=O. The van der Waals surface area contributed by atoms with E-state index in [9.17, 15) is 9.59 Å². The fourth-order valence-electron chi connectivity index (χ4n) is 3.75. The molecule has 4 heteroatoms. The van der Waals surface area contributed by atoms with Crippen LogP contribution in [-0.2, 0) is 9.53 Å². The van der Waals surface area contributed by atoms with Crippen LogP contribution < -0.4 is 4.74 Å². The topological polar surface area (TPSA) is 52.6 Å². The molecule has 4 nitrogen and oxygen atoms in total. The van der Waals surface area contributed by atoms with Crippen LogP contribution in [0, 0.1) is 5.41 Å². The van der Waals surface area contributed by atoms with Crippen molar-refractivity contribution in [1.82, 2.24) is 0 Å². The molecule has 0 saturated carbocycles. The molecule has 0 unspecified atom stereocenters. The summed E-state index contributed by atoms with van der Waals surface area (Å²) >= 11 is 0. The minimum atomic E-state index is -0.654. The van der Waals surface area contributed by atoms with Crippen molar-refractivity contribution in [2.75, 3.05) is 13.7 Å². The Balaban J connectivity index is 2.56. The summed E-state index contributed by atoms with van der Waals surface area (Å²) in [5.74, 6) is 0.403. The highest BCUT2D eigenvalue weighted by molar-refractivity contribution is 6.29. The number of benzene rings is 1. The highest BCUT2D eigenvalue weighted by atomic mass is 16.5. The van der Waals surface area contributed by atoms with E-state index >= 15 is 0 Å². The van der Waals surface area contributed by atoms with Gasteiger partial charge in [-0.25, -0.2) is 0 Å². The first-order chi connectivity index (χ1) is 14.8. The predicted molar refractivity (Wildman–Crippen MR) is 125 cm³/mol. The molecule has 0 spiro atoms. The predicted octanol–water partition coefficient (Wildman–Crippen LogP) is 6.40. The maximum absolute atomic E-state index is 13.9. The van der Waals surface area contributed by atoms with Gasteiger partial charge < -0.3 is 9.47 Å². The molecule has 0 N–H and O–H groups in total. The van der Waals surface area contributed by atoms with Gasteiger partial charge in [0.05, 0.1) is 12.7 Å². The Hall–Kier alpha value is -2.88. The average Bonchev–Trinajstić information content (AvgIpc) is 2.75. The molecule has 0 bridgehead atoms. The molecule has 0 heterocycles. The quantitative estimate of drug-likeness (QED) is 0.249. The number of rotatable bonds is 10. The molecule has 166 valence electrons. The molecule has 1 aromatic carbocycles. The Bertz CT molecular complexity index is 902. The van der Waals surface area contributed by atoms with Gasteiger partial charge in [0.25, 0.3) is 0 Å². The van der Waals surface area contributed by atoms with Crippen molar-refractivity contribution in [2.45, 2.75) is 53.4 Å². The van der Waals surface area contributed by atoms with Crippen LogP contribution in [0.5, 0.6) is 5.75 Å². The summed E-state index contributed by atoms with van der Waals surface area (Å²) in [7, 11) is 1.52. The Morgan fingerprint density at radius 1 is 1.10 bits per heavy atom. The summed E-state index contributed by atoms with van der Waals surface area (Å²) in [5.41, 5.74) is 2.16. The standard InChI is InChI=1S/C27H34O4/c1-7-18-31-22-11-9-8-10-21(22)25(28)24-23(30-6)14-17-27(26(24)29,15-12-19(2)3)16-13-20(4)5/h7-13H,1,14-18H2,2-6H3. The smallest absolute Gasteiger partial charge is 0.203 e. The maximum Gasteiger partial charge on any atom is 0.203 e. The van der Waals surface area contributed by atoms with Crippen LogP contribution in [0.15, 0.2) is 71.6 Å². The Kier molecular flexibility index (Phi) is 8.61. The summed E-state index contributed by atoms with van der Waals surface area (Å²) in [6.07, 6.45) is 8.20. The van der Waals surface area contributed by atoms with E-state index in [-0.39, 0.29) is 23.7 Å². The van der Waals surface area contributed by atoms with Crippen LogP contribution in [0.25, 0.3) is 0 Å². The van der Waals surface area contributed by atoms with Gasteiger partial charge in [0.2, 0.25) is 5.78 Å². The lowest BCUT2D eigenvalue weighted by molar-refractivity contribution is -0.126. The number of hydrogen-bond donors (Lipinski definition) is 0. The van der Waals surface area contributed by atoms with Gasteiger partial charge in [0.15, 0.2) is 5.78 Å². The van der Waals surface area contributed by atoms with Crippen LogP contribution in [0.4, 0.5) is 0 Å². The third-order valence-electron chi connectivity index (χ3n) is 5.58. The number of hydrogen-bond acceptors (Lipinski definition) is 4. The van der Waals surface area contributed by atoms with Crippen molar-refractivity contribution >= 4 is 11.6 Å². The molecule has 0 saturated heterocycles. The second kappa shape index (κ2) is 10.9. The van der Waals surface area contributed by atoms with E-state index in [0.29, 0.717) is 42.8 Å². The minimum absolute atomic E-state index is 0.144. The number of ether oxygens (including phenoxy) is 2. The number of ketones is 2. The third-order valence-corrected chi connectivity index (χ3v) is 5.58. The monoisotopic (exact) mass is 422 g/mol. The van der Waals surface area contributed by atoms with Crippen molar-refractivity contribution in [1.29, 1.82) is 0 Å². The second-order valence-electron chi connectivity index (χ2n) is 8.51. The van der Waals surface area contributed by atoms with Crippen LogP contribution >= 0.6 is 0 Å². The summed E-state index contributed by atoms with van der Waals surface area (Å²) in [6, 6.07) is 7.00. The number of carbonyl (C=O) groups is 2. The van der Waals surface area contributed by atoms with Crippen molar-refractivity contribution in [3.63, 3.8) is 0 Å². The zero-order valence-corrected chi connectivity index (χ0v) is 19.4. The highest BCUT2D eigenvalue weighted by Crippen LogP contribution is 2.44. The summed E-state index contributed by atoms with van der Waals surface area (Å²) in [6.45, 7) is 12.0. The molecule has 0 fully saturated rings. The van der Waals surface area contributed by atoms with Gasteiger partial charge >= 0.3 is 0 Å². The summed E-state index contributed by atoms with van der Waals surface area (Å²) < 4.78 is 11.2. The van der Waals surface area contributed by atoms with Crippen LogP contribution in [-0.4, -0.2) is 25.3 Å². The lowest BCUT2D eigenvalue weighted by atomic mass is 9.66. The van der Waals surface area contributed by atoms with Crippen LogP contribution in [0.3, 0.4) is 0 Å². The third kappa shape index (κ3) is 5.84. The number of allylic oxidation sites excluding steroid dienone is 6. The van der Waals surface area contributed by atoms with Gasteiger partial charge in [0, 0.05) is 11.8 Å². The Morgan fingerprint density at radius 3 is 2.26 bits per heavy atom. The first-order valence-corrected chi connectivity index (χ1v) is 10.7. The fourth-order valence-corrected chi connectivity index (χ4v) is 3.75. The van der Waals surface area contributed by atoms with Crippen LogP contribution in [0.2, 0.25) is 0 Å². The molecule has 0 aliphatic heterocycles. The van der Waals surface area contributed by atoms with Gasteiger partial charge in [-0.2, -0.15) is 0 Å². The van der Waals surface area contributed by atoms with Gasteiger partial charge in [-0.05, 0) is 59.1 Å². The van der Waals surface area contributed by atoms with Gasteiger partial charge in [-0.1, -0.05) is 48.1 Å². The molecule has 1 aliphatic rings. The van der Waals surface area contributed by atoms with Gasteiger partial charge in [-0.3, -0.25) is 9.59 Å². The van der Waals surface area contributed by atoms with E-state index in [1.54, 1.807) is 30.3 Å². The molecule has 0 amide bonds. The largest absolute Gasteiger partial charge is 0.500 e. The number of para-hydroxylation sites is 1. The molecular weight excluding hydrogens is 388 g/mol. The number of methoxy groups -OCH3 is 1. The van der Waals surface area contributed by atoms with E-state index in [2.05, 4.69) is 18.7 Å². The Morgan fingerprint density at radius 2 is 1.71 bits per heavy atom. The molecule has 1 aliphatic carbocycles. The maximum atomic E-state index is 13.9. The lowest BCUT2D eigenvalue weighted by Crippen LogP contribution is -2.38. The molecule has 1 aromatic rings. The molecule has 0 radical (unpaired) electrons. The van der Waals surface area contributed by atoms with Gasteiger partial charge in [0.1, 0.15) is 23.7 Å². The molecule has 0 aromatic heterocycles. The Labute approximate surface area is 186 Å². The van der Waals surface area contributed by atoms with E-state index in [0.717, 1.165) is 11.1 Å². The van der Waals surface area contributed by atoms with E-state index in [1.165, 1.54) is 7.11 Å². The van der Waals surface area contributed by atoms with Crippen molar-refractivity contribution in [3.05, 3.63) is 77.1 Å². The summed E-state index contributed by atoms with van der Waals surface area (Å²) in [4.78, 5) is 27.5. The summed E-state index contributed by atoms with van der Waals surface area (Å²) in [5, 5.41) is 0. The van der Waals surface area contributed by atoms with E-state index < -0.39 is 5.41 Å². The zero-order valence-electron chi connectivity index (χ0n) is 19.4. The average molecular weight is 423 g/mol. The van der Waals surface area contributed by atoms with Crippen LogP contribution in [0.1, 0.15) is 63.7 Å². The molecular formula is C27H34O4. The van der Waals surface area contributed by atoms with Crippen molar-refractivity contribution < 1.29 is 19.1 Å². The number of Topliss-reactive ketones (excluding diaryl/α,β-unsaturated/α-hetero) is 2. The first-order valence-electron chi connectivity index (χ1n) is 10.7. The second-order valence-corrected chi connectivity index (χ2v) is 8.51. The minimum Gasteiger partial charge on any atom is -0.500 e. The van der Waals surface area contributed by atoms with Gasteiger partial charge in [-0.15, -0.1) is 0 Å². The normalized spacial score (nSPS) is 15.2. The fraction of sp³-hybridized carbons (Fsp3) is 0.407. The number of carbonyl (C=O) groups excluding carboxylic acids is 2. The van der Waals surface area contributed by atoms with Crippen molar-refractivity contribution in [2.24, 2.45) is 5.41 Å². The van der Waals surface area contributed by atoms with E-state index in [4.69, 9.17) is 9.47 Å².